The van der Waals surface area contributed by atoms with Crippen molar-refractivity contribution in [2.24, 2.45) is 11.3 Å². The minimum Gasteiger partial charge on any atom is -0.384 e. The summed E-state index contributed by atoms with van der Waals surface area (Å²) in [6, 6.07) is 10.4. The van der Waals surface area contributed by atoms with Crippen LogP contribution in [0.25, 0.3) is 0 Å². The lowest BCUT2D eigenvalue weighted by Crippen LogP contribution is -2.29. The monoisotopic (exact) mass is 230 g/mol. The minimum atomic E-state index is 0.729. The highest BCUT2D eigenvalue weighted by Crippen LogP contribution is 2.60. The number of hydrogen-bond acceptors (Lipinski definition) is 2. The molecular formula is C15H22N2. The molecule has 2 heteroatoms. The molecule has 2 nitrogen and oxygen atoms in total. The molecule has 2 N–H and O–H groups in total. The van der Waals surface area contributed by atoms with E-state index in [-0.39, 0.29) is 0 Å². The second kappa shape index (κ2) is 4.69. The Morgan fingerprint density at radius 1 is 1.06 bits per heavy atom. The number of para-hydroxylation sites is 1. The van der Waals surface area contributed by atoms with Crippen molar-refractivity contribution in [2.75, 3.05) is 25.0 Å². The van der Waals surface area contributed by atoms with Gasteiger partial charge < -0.3 is 10.6 Å². The topological polar surface area (TPSA) is 24.1 Å². The van der Waals surface area contributed by atoms with E-state index in [0.717, 1.165) is 24.4 Å². The van der Waals surface area contributed by atoms with Crippen LogP contribution in [0.15, 0.2) is 30.3 Å². The van der Waals surface area contributed by atoms with E-state index in [2.05, 4.69) is 41.0 Å². The summed E-state index contributed by atoms with van der Waals surface area (Å²) in [6.07, 6.45) is 5.92. The smallest absolute Gasteiger partial charge is 0.0340 e. The SMILES string of the molecule is c1ccc(NCCNCC2(C3CC3)CC2)cc1. The third kappa shape index (κ3) is 2.81. The van der Waals surface area contributed by atoms with Crippen LogP contribution in [0.3, 0.4) is 0 Å². The fourth-order valence-electron chi connectivity index (χ4n) is 2.77. The van der Waals surface area contributed by atoms with E-state index in [1.54, 1.807) is 0 Å². The molecule has 0 amide bonds. The second-order valence-electron chi connectivity index (χ2n) is 5.61. The van der Waals surface area contributed by atoms with E-state index in [1.807, 2.05) is 0 Å². The van der Waals surface area contributed by atoms with Crippen LogP contribution in [0.2, 0.25) is 0 Å². The molecule has 0 atom stereocenters. The Morgan fingerprint density at radius 3 is 2.47 bits per heavy atom. The lowest BCUT2D eigenvalue weighted by atomic mass is 10.0. The zero-order valence-electron chi connectivity index (χ0n) is 10.4. The van der Waals surface area contributed by atoms with Crippen LogP contribution in [0, 0.1) is 11.3 Å². The van der Waals surface area contributed by atoms with Crippen LogP contribution in [0.4, 0.5) is 5.69 Å². The highest BCUT2D eigenvalue weighted by Gasteiger charge is 2.52. The van der Waals surface area contributed by atoms with Gasteiger partial charge in [-0.2, -0.15) is 0 Å². The first-order valence-electron chi connectivity index (χ1n) is 6.89. The third-order valence-electron chi connectivity index (χ3n) is 4.22. The van der Waals surface area contributed by atoms with Gasteiger partial charge in [0.2, 0.25) is 0 Å². The average Bonchev–Trinajstić information content (AvgIpc) is 3.23. The Hall–Kier alpha value is -1.02. The number of benzene rings is 1. The van der Waals surface area contributed by atoms with Gasteiger partial charge in [-0.1, -0.05) is 18.2 Å². The molecule has 2 aliphatic carbocycles. The van der Waals surface area contributed by atoms with Crippen molar-refractivity contribution >= 4 is 5.69 Å². The molecule has 1 aromatic carbocycles. The van der Waals surface area contributed by atoms with E-state index in [1.165, 1.54) is 37.9 Å². The quantitative estimate of drug-likeness (QED) is 0.704. The van der Waals surface area contributed by atoms with Gasteiger partial charge in [0.05, 0.1) is 0 Å². The molecule has 0 heterocycles. The van der Waals surface area contributed by atoms with Crippen molar-refractivity contribution in [3.05, 3.63) is 30.3 Å². The molecule has 0 aromatic heterocycles. The Balaban J connectivity index is 1.31. The molecule has 92 valence electrons. The number of nitrogens with one attached hydrogen (secondary N) is 2. The van der Waals surface area contributed by atoms with Gasteiger partial charge in [0.15, 0.2) is 0 Å². The molecule has 0 saturated heterocycles. The first kappa shape index (κ1) is 11.1. The molecule has 0 unspecified atom stereocenters. The van der Waals surface area contributed by atoms with Gasteiger partial charge in [0, 0.05) is 25.3 Å². The minimum absolute atomic E-state index is 0.729. The van der Waals surface area contributed by atoms with Crippen molar-refractivity contribution in [1.82, 2.24) is 5.32 Å². The number of rotatable bonds is 7. The predicted molar refractivity (Wildman–Crippen MR) is 72.2 cm³/mol. The first-order valence-corrected chi connectivity index (χ1v) is 6.89. The Morgan fingerprint density at radius 2 is 1.82 bits per heavy atom. The standard InChI is InChI=1S/C15H22N2/c1-2-4-14(5-3-1)17-11-10-16-12-15(8-9-15)13-6-7-13/h1-5,13,16-17H,6-12H2. The third-order valence-corrected chi connectivity index (χ3v) is 4.22. The largest absolute Gasteiger partial charge is 0.384 e. The lowest BCUT2D eigenvalue weighted by Gasteiger charge is -2.15. The molecule has 17 heavy (non-hydrogen) atoms. The van der Waals surface area contributed by atoms with Crippen molar-refractivity contribution in [3.63, 3.8) is 0 Å². The van der Waals surface area contributed by atoms with Crippen LogP contribution >= 0.6 is 0 Å². The molecule has 0 spiro atoms. The molecular weight excluding hydrogens is 208 g/mol. The Labute approximate surface area is 104 Å². The number of hydrogen-bond donors (Lipinski definition) is 2. The van der Waals surface area contributed by atoms with Crippen LogP contribution < -0.4 is 10.6 Å². The van der Waals surface area contributed by atoms with Crippen LogP contribution in [-0.4, -0.2) is 19.6 Å². The molecule has 3 rings (SSSR count). The Bertz CT molecular complexity index is 352. The van der Waals surface area contributed by atoms with Gasteiger partial charge in [0.25, 0.3) is 0 Å². The van der Waals surface area contributed by atoms with Crippen molar-refractivity contribution < 1.29 is 0 Å². The second-order valence-corrected chi connectivity index (χ2v) is 5.61. The molecule has 2 fully saturated rings. The van der Waals surface area contributed by atoms with Crippen molar-refractivity contribution in [3.8, 4) is 0 Å². The summed E-state index contributed by atoms with van der Waals surface area (Å²) in [6.45, 7) is 3.34. The summed E-state index contributed by atoms with van der Waals surface area (Å²) in [7, 11) is 0. The van der Waals surface area contributed by atoms with E-state index in [4.69, 9.17) is 0 Å². The molecule has 2 saturated carbocycles. The van der Waals surface area contributed by atoms with Crippen LogP contribution in [-0.2, 0) is 0 Å². The summed E-state index contributed by atoms with van der Waals surface area (Å²) in [4.78, 5) is 0. The van der Waals surface area contributed by atoms with Crippen molar-refractivity contribution in [2.45, 2.75) is 25.7 Å². The van der Waals surface area contributed by atoms with Gasteiger partial charge in [0.1, 0.15) is 0 Å². The van der Waals surface area contributed by atoms with E-state index >= 15 is 0 Å². The summed E-state index contributed by atoms with van der Waals surface area (Å²) in [5, 5.41) is 7.05. The molecule has 1 aromatic rings. The van der Waals surface area contributed by atoms with E-state index in [0.29, 0.717) is 0 Å². The highest BCUT2D eigenvalue weighted by molar-refractivity contribution is 5.42. The van der Waals surface area contributed by atoms with Crippen LogP contribution in [0.1, 0.15) is 25.7 Å². The van der Waals surface area contributed by atoms with Gasteiger partial charge in [-0.3, -0.25) is 0 Å². The van der Waals surface area contributed by atoms with Gasteiger partial charge in [-0.25, -0.2) is 0 Å². The molecule has 2 aliphatic rings. The predicted octanol–water partition coefficient (Wildman–Crippen LogP) is 2.88. The van der Waals surface area contributed by atoms with E-state index in [9.17, 15) is 0 Å². The van der Waals surface area contributed by atoms with E-state index < -0.39 is 0 Å². The molecule has 0 aliphatic heterocycles. The normalized spacial score (nSPS) is 21.2. The van der Waals surface area contributed by atoms with Crippen LogP contribution in [0.5, 0.6) is 0 Å². The lowest BCUT2D eigenvalue weighted by molar-refractivity contribution is 0.408. The fraction of sp³-hybridized carbons (Fsp3) is 0.600. The maximum atomic E-state index is 3.62. The maximum Gasteiger partial charge on any atom is 0.0340 e. The summed E-state index contributed by atoms with van der Waals surface area (Å²) in [5.41, 5.74) is 1.95. The van der Waals surface area contributed by atoms with Gasteiger partial charge >= 0.3 is 0 Å². The summed E-state index contributed by atoms with van der Waals surface area (Å²) in [5.74, 6) is 1.07. The molecule has 0 radical (unpaired) electrons. The van der Waals surface area contributed by atoms with Crippen molar-refractivity contribution in [1.29, 1.82) is 0 Å². The molecule has 0 bridgehead atoms. The summed E-state index contributed by atoms with van der Waals surface area (Å²) < 4.78 is 0. The fourth-order valence-corrected chi connectivity index (χ4v) is 2.77. The van der Waals surface area contributed by atoms with Gasteiger partial charge in [-0.05, 0) is 49.1 Å². The zero-order valence-corrected chi connectivity index (χ0v) is 10.4. The zero-order chi connectivity index (χ0) is 11.6. The maximum absolute atomic E-state index is 3.62. The van der Waals surface area contributed by atoms with Gasteiger partial charge in [-0.15, -0.1) is 0 Å². The Kier molecular flexibility index (Phi) is 3.06. The highest BCUT2D eigenvalue weighted by atomic mass is 15.0. The number of anilines is 1. The average molecular weight is 230 g/mol. The summed E-state index contributed by atoms with van der Waals surface area (Å²) >= 11 is 0. The first-order chi connectivity index (χ1) is 8.39.